The SMILES string of the molecule is C=CC(CC)C/C=C/C/C=C/C(CC/C=C\CC)C1CC(=O)OC1=O. The van der Waals surface area contributed by atoms with E-state index in [1.807, 2.05) is 6.08 Å². The van der Waals surface area contributed by atoms with Crippen LogP contribution < -0.4 is 0 Å². The Morgan fingerprint density at radius 3 is 2.56 bits per heavy atom. The van der Waals surface area contributed by atoms with Gasteiger partial charge in [0.15, 0.2) is 0 Å². The zero-order chi connectivity index (χ0) is 18.5. The van der Waals surface area contributed by atoms with Gasteiger partial charge in [0.05, 0.1) is 12.3 Å². The Morgan fingerprint density at radius 2 is 1.96 bits per heavy atom. The van der Waals surface area contributed by atoms with Crippen molar-refractivity contribution in [2.24, 2.45) is 17.8 Å². The first-order valence-electron chi connectivity index (χ1n) is 9.46. The van der Waals surface area contributed by atoms with E-state index in [-0.39, 0.29) is 24.2 Å². The maximum Gasteiger partial charge on any atom is 0.317 e. The van der Waals surface area contributed by atoms with Gasteiger partial charge in [-0.1, -0.05) is 56.4 Å². The zero-order valence-corrected chi connectivity index (χ0v) is 15.7. The minimum atomic E-state index is -0.396. The molecular formula is C22H32O3. The van der Waals surface area contributed by atoms with Gasteiger partial charge in [-0.15, -0.1) is 6.58 Å². The molecule has 1 fully saturated rings. The standard InChI is InChI=1S/C22H32O3/c1-4-7-8-12-15-19(20-17-21(23)25-22(20)24)16-13-10-9-11-14-18(5-2)6-3/h5,7-9,11,13,16,18-20H,2,4,6,10,12,14-15,17H2,1,3H3/b8-7-,11-9+,16-13+. The number of esters is 2. The molecule has 0 aromatic heterocycles. The van der Waals surface area contributed by atoms with Crippen molar-refractivity contribution in [2.75, 3.05) is 0 Å². The first-order valence-corrected chi connectivity index (χ1v) is 9.46. The number of allylic oxidation sites excluding steroid dienone is 7. The molecule has 0 bridgehead atoms. The van der Waals surface area contributed by atoms with E-state index in [1.165, 1.54) is 0 Å². The van der Waals surface area contributed by atoms with Crippen LogP contribution >= 0.6 is 0 Å². The van der Waals surface area contributed by atoms with Crippen LogP contribution in [-0.2, 0) is 14.3 Å². The average Bonchev–Trinajstić information content (AvgIpc) is 2.94. The van der Waals surface area contributed by atoms with Gasteiger partial charge in [0, 0.05) is 0 Å². The average molecular weight is 344 g/mol. The van der Waals surface area contributed by atoms with Crippen LogP contribution in [0.5, 0.6) is 0 Å². The summed E-state index contributed by atoms with van der Waals surface area (Å²) in [5.74, 6) is -0.491. The largest absolute Gasteiger partial charge is 0.393 e. The number of carbonyl (C=O) groups is 2. The van der Waals surface area contributed by atoms with Crippen LogP contribution in [0.3, 0.4) is 0 Å². The van der Waals surface area contributed by atoms with Gasteiger partial charge in [-0.05, 0) is 50.4 Å². The Balaban J connectivity index is 2.55. The molecule has 0 amide bonds. The minimum Gasteiger partial charge on any atom is -0.393 e. The number of carbonyl (C=O) groups excluding carboxylic acids is 2. The van der Waals surface area contributed by atoms with Crippen LogP contribution in [0.1, 0.15) is 58.8 Å². The molecule has 0 saturated carbocycles. The van der Waals surface area contributed by atoms with Gasteiger partial charge >= 0.3 is 11.9 Å². The van der Waals surface area contributed by atoms with Gasteiger partial charge in [0.1, 0.15) is 0 Å². The van der Waals surface area contributed by atoms with E-state index >= 15 is 0 Å². The number of rotatable bonds is 12. The fraction of sp³-hybridized carbons (Fsp3) is 0.545. The molecule has 3 unspecified atom stereocenters. The molecule has 1 aliphatic rings. The summed E-state index contributed by atoms with van der Waals surface area (Å²) in [5, 5.41) is 0. The third-order valence-corrected chi connectivity index (χ3v) is 4.61. The number of ether oxygens (including phenoxy) is 1. The van der Waals surface area contributed by atoms with E-state index in [9.17, 15) is 9.59 Å². The summed E-state index contributed by atoms with van der Waals surface area (Å²) in [6, 6.07) is 0. The number of hydrogen-bond donors (Lipinski definition) is 0. The molecule has 0 aromatic rings. The lowest BCUT2D eigenvalue weighted by Gasteiger charge is -2.15. The van der Waals surface area contributed by atoms with Gasteiger partial charge in [0.2, 0.25) is 0 Å². The molecule has 3 heteroatoms. The lowest BCUT2D eigenvalue weighted by atomic mass is 9.86. The second-order valence-corrected chi connectivity index (χ2v) is 6.50. The van der Waals surface area contributed by atoms with Crippen molar-refractivity contribution in [3.8, 4) is 0 Å². The molecule has 0 aromatic carbocycles. The summed E-state index contributed by atoms with van der Waals surface area (Å²) in [6.07, 6.45) is 20.7. The van der Waals surface area contributed by atoms with Crippen LogP contribution in [0, 0.1) is 17.8 Å². The monoisotopic (exact) mass is 344 g/mol. The molecule has 3 atom stereocenters. The molecular weight excluding hydrogens is 312 g/mol. The van der Waals surface area contributed by atoms with Gasteiger partial charge in [-0.3, -0.25) is 9.59 Å². The lowest BCUT2D eigenvalue weighted by Crippen LogP contribution is -2.17. The summed E-state index contributed by atoms with van der Waals surface area (Å²) in [4.78, 5) is 23.3. The topological polar surface area (TPSA) is 43.4 Å². The maximum atomic E-state index is 11.9. The summed E-state index contributed by atoms with van der Waals surface area (Å²) in [6.45, 7) is 8.11. The van der Waals surface area contributed by atoms with Crippen LogP contribution in [0.25, 0.3) is 0 Å². The highest BCUT2D eigenvalue weighted by Crippen LogP contribution is 2.29. The minimum absolute atomic E-state index is 0.0606. The Labute approximate surface area is 152 Å². The lowest BCUT2D eigenvalue weighted by molar-refractivity contribution is -0.153. The van der Waals surface area contributed by atoms with E-state index < -0.39 is 5.97 Å². The molecule has 1 heterocycles. The van der Waals surface area contributed by atoms with E-state index in [1.54, 1.807) is 0 Å². The predicted molar refractivity (Wildman–Crippen MR) is 103 cm³/mol. The molecule has 0 aliphatic carbocycles. The normalized spacial score (nSPS) is 20.6. The third-order valence-electron chi connectivity index (χ3n) is 4.61. The predicted octanol–water partition coefficient (Wildman–Crippen LogP) is 5.54. The Kier molecular flexibility index (Phi) is 10.5. The smallest absolute Gasteiger partial charge is 0.317 e. The molecule has 1 rings (SSSR count). The molecule has 1 aliphatic heterocycles. The number of cyclic esters (lactones) is 2. The van der Waals surface area contributed by atoms with Crippen LogP contribution in [0.15, 0.2) is 49.1 Å². The molecule has 0 N–H and O–H groups in total. The van der Waals surface area contributed by atoms with Gasteiger partial charge in [-0.2, -0.15) is 0 Å². The number of hydrogen-bond acceptors (Lipinski definition) is 3. The van der Waals surface area contributed by atoms with Crippen LogP contribution in [0.2, 0.25) is 0 Å². The summed E-state index contributed by atoms with van der Waals surface area (Å²) in [7, 11) is 0. The van der Waals surface area contributed by atoms with Crippen molar-refractivity contribution in [2.45, 2.75) is 58.8 Å². The second kappa shape index (κ2) is 12.5. The highest BCUT2D eigenvalue weighted by Gasteiger charge is 2.37. The van der Waals surface area contributed by atoms with Crippen LogP contribution in [0.4, 0.5) is 0 Å². The molecule has 3 nitrogen and oxygen atoms in total. The van der Waals surface area contributed by atoms with E-state index in [0.29, 0.717) is 5.92 Å². The fourth-order valence-electron chi connectivity index (χ4n) is 2.95. The first-order chi connectivity index (χ1) is 12.1. The quantitative estimate of drug-likeness (QED) is 0.265. The van der Waals surface area contributed by atoms with Crippen molar-refractivity contribution in [3.63, 3.8) is 0 Å². The van der Waals surface area contributed by atoms with E-state index in [4.69, 9.17) is 4.74 Å². The third kappa shape index (κ3) is 8.15. The fourth-order valence-corrected chi connectivity index (χ4v) is 2.95. The van der Waals surface area contributed by atoms with Crippen molar-refractivity contribution in [1.82, 2.24) is 0 Å². The first kappa shape index (κ1) is 21.1. The Bertz CT molecular complexity index is 513. The molecule has 25 heavy (non-hydrogen) atoms. The highest BCUT2D eigenvalue weighted by molar-refractivity contribution is 5.94. The molecule has 0 spiro atoms. The van der Waals surface area contributed by atoms with Crippen molar-refractivity contribution in [1.29, 1.82) is 0 Å². The maximum absolute atomic E-state index is 11.9. The molecule has 0 radical (unpaired) electrons. The van der Waals surface area contributed by atoms with Crippen molar-refractivity contribution >= 4 is 11.9 Å². The van der Waals surface area contributed by atoms with Gasteiger partial charge in [-0.25, -0.2) is 0 Å². The van der Waals surface area contributed by atoms with Gasteiger partial charge in [0.25, 0.3) is 0 Å². The van der Waals surface area contributed by atoms with E-state index in [2.05, 4.69) is 56.9 Å². The van der Waals surface area contributed by atoms with E-state index in [0.717, 1.165) is 38.5 Å². The van der Waals surface area contributed by atoms with Gasteiger partial charge < -0.3 is 4.74 Å². The zero-order valence-electron chi connectivity index (χ0n) is 15.7. The van der Waals surface area contributed by atoms with Crippen molar-refractivity contribution in [3.05, 3.63) is 49.1 Å². The Hall–Kier alpha value is -1.90. The summed E-state index contributed by atoms with van der Waals surface area (Å²) in [5.41, 5.74) is 0. The Morgan fingerprint density at radius 1 is 1.16 bits per heavy atom. The summed E-state index contributed by atoms with van der Waals surface area (Å²) >= 11 is 0. The second-order valence-electron chi connectivity index (χ2n) is 6.50. The van der Waals surface area contributed by atoms with Crippen molar-refractivity contribution < 1.29 is 14.3 Å². The molecule has 1 saturated heterocycles. The molecule has 138 valence electrons. The highest BCUT2D eigenvalue weighted by atomic mass is 16.6. The summed E-state index contributed by atoms with van der Waals surface area (Å²) < 4.78 is 4.73. The van der Waals surface area contributed by atoms with Crippen LogP contribution in [-0.4, -0.2) is 11.9 Å².